The molecule has 0 bridgehead atoms. The maximum atomic E-state index is 10.8. The lowest BCUT2D eigenvalue weighted by atomic mass is 10.4. The van der Waals surface area contributed by atoms with Gasteiger partial charge >= 0.3 is 5.69 Å². The van der Waals surface area contributed by atoms with E-state index in [0.717, 1.165) is 11.9 Å². The molecule has 0 saturated heterocycles. The molecule has 2 aromatic heterocycles. The standard InChI is InChI=1S/C9H11N7O2/c1-5-3-7(14-15(5)2)12-8-6(16(17)18)4-11-9(10)13-8/h3-4H,1-2H3,(H3,10,11,12,13,14). The van der Waals surface area contributed by atoms with Gasteiger partial charge in [0.25, 0.3) is 0 Å². The lowest BCUT2D eigenvalue weighted by Gasteiger charge is -2.02. The Morgan fingerprint density at radius 3 is 2.83 bits per heavy atom. The van der Waals surface area contributed by atoms with Gasteiger partial charge in [0.15, 0.2) is 5.82 Å². The second-order valence-electron chi connectivity index (χ2n) is 3.64. The fraction of sp³-hybridized carbons (Fsp3) is 0.222. The van der Waals surface area contributed by atoms with Crippen LogP contribution in [-0.4, -0.2) is 24.7 Å². The molecule has 9 nitrogen and oxygen atoms in total. The normalized spacial score (nSPS) is 10.3. The first-order chi connectivity index (χ1) is 8.47. The summed E-state index contributed by atoms with van der Waals surface area (Å²) in [5.74, 6) is 0.428. The van der Waals surface area contributed by atoms with Crippen molar-refractivity contribution in [3.05, 3.63) is 28.1 Å². The third-order valence-corrected chi connectivity index (χ3v) is 2.35. The summed E-state index contributed by atoms with van der Waals surface area (Å²) in [4.78, 5) is 17.6. The Balaban J connectivity index is 2.38. The monoisotopic (exact) mass is 249 g/mol. The average molecular weight is 249 g/mol. The van der Waals surface area contributed by atoms with Gasteiger partial charge in [0.05, 0.1) is 4.92 Å². The summed E-state index contributed by atoms with van der Waals surface area (Å²) in [6.45, 7) is 1.86. The number of nitrogens with one attached hydrogen (secondary N) is 1. The lowest BCUT2D eigenvalue weighted by molar-refractivity contribution is -0.384. The molecule has 9 heteroatoms. The Hall–Kier alpha value is -2.71. The van der Waals surface area contributed by atoms with E-state index >= 15 is 0 Å². The fourth-order valence-corrected chi connectivity index (χ4v) is 1.36. The number of rotatable bonds is 3. The summed E-state index contributed by atoms with van der Waals surface area (Å²) in [5.41, 5.74) is 6.05. The zero-order valence-electron chi connectivity index (χ0n) is 9.78. The number of nitrogens with zero attached hydrogens (tertiary/aromatic N) is 5. The number of nitro groups is 1. The van der Waals surface area contributed by atoms with Gasteiger partial charge in [-0.25, -0.2) is 4.98 Å². The van der Waals surface area contributed by atoms with E-state index in [-0.39, 0.29) is 17.5 Å². The molecule has 0 aliphatic rings. The Morgan fingerprint density at radius 1 is 1.56 bits per heavy atom. The molecule has 0 amide bonds. The first-order valence-electron chi connectivity index (χ1n) is 5.02. The van der Waals surface area contributed by atoms with Crippen molar-refractivity contribution in [1.29, 1.82) is 0 Å². The smallest absolute Gasteiger partial charge is 0.330 e. The molecule has 0 atom stereocenters. The van der Waals surface area contributed by atoms with Crippen LogP contribution in [0.2, 0.25) is 0 Å². The van der Waals surface area contributed by atoms with E-state index in [4.69, 9.17) is 5.73 Å². The predicted octanol–water partition coefficient (Wildman–Crippen LogP) is 0.753. The molecule has 94 valence electrons. The molecule has 0 aliphatic heterocycles. The van der Waals surface area contributed by atoms with Gasteiger partial charge in [-0.3, -0.25) is 14.8 Å². The summed E-state index contributed by atoms with van der Waals surface area (Å²) in [6, 6.07) is 1.74. The van der Waals surface area contributed by atoms with Crippen molar-refractivity contribution in [2.45, 2.75) is 6.92 Å². The van der Waals surface area contributed by atoms with Crippen molar-refractivity contribution in [3.63, 3.8) is 0 Å². The fourth-order valence-electron chi connectivity index (χ4n) is 1.36. The predicted molar refractivity (Wildman–Crippen MR) is 64.3 cm³/mol. The Labute approximate surface area is 102 Å². The van der Waals surface area contributed by atoms with Gasteiger partial charge in [-0.05, 0) is 6.92 Å². The van der Waals surface area contributed by atoms with Crippen LogP contribution in [0.5, 0.6) is 0 Å². The van der Waals surface area contributed by atoms with Crippen LogP contribution in [0, 0.1) is 17.0 Å². The molecule has 0 saturated carbocycles. The van der Waals surface area contributed by atoms with Crippen LogP contribution < -0.4 is 11.1 Å². The van der Waals surface area contributed by atoms with Gasteiger partial charge in [0.1, 0.15) is 6.20 Å². The number of aryl methyl sites for hydroxylation is 2. The summed E-state index contributed by atoms with van der Waals surface area (Å²) in [7, 11) is 1.77. The third kappa shape index (κ3) is 2.19. The molecule has 0 fully saturated rings. The molecular formula is C9H11N7O2. The second-order valence-corrected chi connectivity index (χ2v) is 3.64. The van der Waals surface area contributed by atoms with Gasteiger partial charge < -0.3 is 11.1 Å². The molecule has 0 aromatic carbocycles. The highest BCUT2D eigenvalue weighted by Crippen LogP contribution is 2.24. The van der Waals surface area contributed by atoms with Crippen molar-refractivity contribution in [2.24, 2.45) is 7.05 Å². The lowest BCUT2D eigenvalue weighted by Crippen LogP contribution is -2.04. The molecule has 2 heterocycles. The Morgan fingerprint density at radius 2 is 2.28 bits per heavy atom. The summed E-state index contributed by atoms with van der Waals surface area (Å²) in [6.07, 6.45) is 1.06. The number of hydrogen-bond acceptors (Lipinski definition) is 7. The number of hydrogen-bond donors (Lipinski definition) is 2. The van der Waals surface area contributed by atoms with E-state index in [2.05, 4.69) is 20.4 Å². The molecule has 2 aromatic rings. The van der Waals surface area contributed by atoms with Crippen LogP contribution in [0.15, 0.2) is 12.3 Å². The third-order valence-electron chi connectivity index (χ3n) is 2.35. The van der Waals surface area contributed by atoms with Gasteiger partial charge in [-0.15, -0.1) is 0 Å². The minimum absolute atomic E-state index is 0.0191. The number of nitrogens with two attached hydrogens (primary N) is 1. The minimum atomic E-state index is -0.586. The van der Waals surface area contributed by atoms with Crippen LogP contribution in [0.25, 0.3) is 0 Å². The molecule has 0 spiro atoms. The number of anilines is 3. The van der Waals surface area contributed by atoms with E-state index in [1.54, 1.807) is 17.8 Å². The quantitative estimate of drug-likeness (QED) is 0.607. The Kier molecular flexibility index (Phi) is 2.80. The molecule has 0 aliphatic carbocycles. The van der Waals surface area contributed by atoms with Crippen molar-refractivity contribution < 1.29 is 4.92 Å². The first-order valence-corrected chi connectivity index (χ1v) is 5.02. The van der Waals surface area contributed by atoms with E-state index in [0.29, 0.717) is 5.82 Å². The highest BCUT2D eigenvalue weighted by molar-refractivity contribution is 5.63. The van der Waals surface area contributed by atoms with E-state index < -0.39 is 4.92 Å². The van der Waals surface area contributed by atoms with Gasteiger partial charge in [0, 0.05) is 18.8 Å². The zero-order valence-corrected chi connectivity index (χ0v) is 9.78. The summed E-state index contributed by atoms with van der Waals surface area (Å²) < 4.78 is 1.64. The van der Waals surface area contributed by atoms with E-state index in [9.17, 15) is 10.1 Å². The molecule has 0 unspecified atom stereocenters. The van der Waals surface area contributed by atoms with Crippen LogP contribution in [0.3, 0.4) is 0 Å². The number of nitrogen functional groups attached to an aromatic ring is 1. The van der Waals surface area contributed by atoms with E-state index in [1.807, 2.05) is 6.92 Å². The largest absolute Gasteiger partial charge is 0.368 e. The van der Waals surface area contributed by atoms with Crippen LogP contribution in [0.1, 0.15) is 5.69 Å². The highest BCUT2D eigenvalue weighted by atomic mass is 16.6. The molecular weight excluding hydrogens is 238 g/mol. The topological polar surface area (TPSA) is 125 Å². The highest BCUT2D eigenvalue weighted by Gasteiger charge is 2.17. The molecule has 18 heavy (non-hydrogen) atoms. The summed E-state index contributed by atoms with van der Waals surface area (Å²) in [5, 5.41) is 17.7. The maximum Gasteiger partial charge on any atom is 0.330 e. The van der Waals surface area contributed by atoms with Crippen LogP contribution in [0.4, 0.5) is 23.3 Å². The van der Waals surface area contributed by atoms with Crippen molar-refractivity contribution >= 4 is 23.3 Å². The van der Waals surface area contributed by atoms with Crippen molar-refractivity contribution in [3.8, 4) is 0 Å². The van der Waals surface area contributed by atoms with Crippen molar-refractivity contribution in [2.75, 3.05) is 11.1 Å². The van der Waals surface area contributed by atoms with Gasteiger partial charge in [-0.2, -0.15) is 10.1 Å². The summed E-state index contributed by atoms with van der Waals surface area (Å²) >= 11 is 0. The number of aromatic nitrogens is 4. The molecule has 3 N–H and O–H groups in total. The Bertz CT molecular complexity index is 587. The van der Waals surface area contributed by atoms with Gasteiger partial charge in [-0.1, -0.05) is 0 Å². The second kappa shape index (κ2) is 4.28. The maximum absolute atomic E-state index is 10.8. The molecule has 2 rings (SSSR count). The average Bonchev–Trinajstić information content (AvgIpc) is 2.57. The van der Waals surface area contributed by atoms with E-state index in [1.165, 1.54) is 0 Å². The molecule has 0 radical (unpaired) electrons. The van der Waals surface area contributed by atoms with Crippen LogP contribution in [-0.2, 0) is 7.05 Å². The van der Waals surface area contributed by atoms with Crippen LogP contribution >= 0.6 is 0 Å². The first kappa shape index (κ1) is 11.8. The van der Waals surface area contributed by atoms with Crippen molar-refractivity contribution in [1.82, 2.24) is 19.7 Å². The minimum Gasteiger partial charge on any atom is -0.368 e. The SMILES string of the molecule is Cc1cc(Nc2nc(N)ncc2[N+](=O)[O-])nn1C. The van der Waals surface area contributed by atoms with Gasteiger partial charge in [0.2, 0.25) is 11.8 Å². The zero-order chi connectivity index (χ0) is 13.3.